The molecule has 0 saturated heterocycles. The van der Waals surface area contributed by atoms with Crippen LogP contribution in [0, 0.1) is 12.3 Å². The molecule has 13 heavy (non-hydrogen) atoms. The van der Waals surface area contributed by atoms with Crippen LogP contribution >= 0.6 is 11.8 Å². The SMILES string of the molecule is Cc1cc(O)c(SC(=N)N)cc1O. The van der Waals surface area contributed by atoms with E-state index in [-0.39, 0.29) is 16.7 Å². The van der Waals surface area contributed by atoms with Crippen LogP contribution in [0.1, 0.15) is 5.56 Å². The molecule has 4 nitrogen and oxygen atoms in total. The van der Waals surface area contributed by atoms with E-state index in [1.54, 1.807) is 6.92 Å². The summed E-state index contributed by atoms with van der Waals surface area (Å²) in [6, 6.07) is 2.82. The number of phenolic OH excluding ortho intramolecular Hbond substituents is 2. The second kappa shape index (κ2) is 3.57. The van der Waals surface area contributed by atoms with Gasteiger partial charge in [0.15, 0.2) is 5.17 Å². The second-order valence-electron chi connectivity index (χ2n) is 2.57. The number of thioether (sulfide) groups is 1. The average molecular weight is 198 g/mol. The van der Waals surface area contributed by atoms with Gasteiger partial charge in [-0.15, -0.1) is 0 Å². The van der Waals surface area contributed by atoms with Crippen molar-refractivity contribution in [1.29, 1.82) is 5.41 Å². The van der Waals surface area contributed by atoms with E-state index in [1.807, 2.05) is 0 Å². The molecule has 5 N–H and O–H groups in total. The van der Waals surface area contributed by atoms with E-state index in [4.69, 9.17) is 11.1 Å². The monoisotopic (exact) mass is 198 g/mol. The van der Waals surface area contributed by atoms with Crippen molar-refractivity contribution in [2.45, 2.75) is 11.8 Å². The number of hydrogen-bond acceptors (Lipinski definition) is 4. The molecule has 0 heterocycles. The largest absolute Gasteiger partial charge is 0.508 e. The van der Waals surface area contributed by atoms with Crippen LogP contribution < -0.4 is 5.73 Å². The van der Waals surface area contributed by atoms with E-state index in [1.165, 1.54) is 12.1 Å². The number of benzene rings is 1. The van der Waals surface area contributed by atoms with Gasteiger partial charge in [0.05, 0.1) is 4.90 Å². The third kappa shape index (κ3) is 2.29. The van der Waals surface area contributed by atoms with E-state index < -0.39 is 0 Å². The van der Waals surface area contributed by atoms with Gasteiger partial charge in [-0.1, -0.05) is 0 Å². The van der Waals surface area contributed by atoms with Crippen LogP contribution in [0.2, 0.25) is 0 Å². The number of amidine groups is 1. The first-order valence-electron chi connectivity index (χ1n) is 3.55. The minimum absolute atomic E-state index is 0.0236. The molecular weight excluding hydrogens is 188 g/mol. The van der Waals surface area contributed by atoms with Crippen molar-refractivity contribution in [1.82, 2.24) is 0 Å². The first-order valence-corrected chi connectivity index (χ1v) is 4.37. The first-order chi connectivity index (χ1) is 6.00. The molecule has 1 aromatic rings. The number of rotatable bonds is 1. The Bertz CT molecular complexity index is 352. The summed E-state index contributed by atoms with van der Waals surface area (Å²) in [4.78, 5) is 0.385. The predicted molar refractivity (Wildman–Crippen MR) is 52.3 cm³/mol. The van der Waals surface area contributed by atoms with Crippen LogP contribution in [0.15, 0.2) is 17.0 Å². The Morgan fingerprint density at radius 1 is 1.38 bits per heavy atom. The second-order valence-corrected chi connectivity index (χ2v) is 3.66. The summed E-state index contributed by atoms with van der Waals surface area (Å²) in [6.45, 7) is 1.68. The lowest BCUT2D eigenvalue weighted by Crippen LogP contribution is -2.02. The van der Waals surface area contributed by atoms with Crippen LogP contribution in [0.5, 0.6) is 11.5 Å². The standard InChI is InChI=1S/C8H10N2O2S/c1-4-2-6(12)7(3-5(4)11)13-8(9)10/h2-3,11-12H,1H3,(H3,9,10). The van der Waals surface area contributed by atoms with E-state index in [0.717, 1.165) is 11.8 Å². The van der Waals surface area contributed by atoms with Crippen LogP contribution in [0.4, 0.5) is 0 Å². The van der Waals surface area contributed by atoms with Crippen LogP contribution in [-0.2, 0) is 0 Å². The van der Waals surface area contributed by atoms with Gasteiger partial charge >= 0.3 is 0 Å². The molecule has 0 aromatic heterocycles. The molecule has 0 aliphatic heterocycles. The van der Waals surface area contributed by atoms with Crippen molar-refractivity contribution in [3.63, 3.8) is 0 Å². The van der Waals surface area contributed by atoms with Gasteiger partial charge in [0.2, 0.25) is 0 Å². The minimum atomic E-state index is -0.126. The highest BCUT2D eigenvalue weighted by Crippen LogP contribution is 2.33. The maximum Gasteiger partial charge on any atom is 0.156 e. The van der Waals surface area contributed by atoms with E-state index in [9.17, 15) is 10.2 Å². The van der Waals surface area contributed by atoms with Gasteiger partial charge in [-0.3, -0.25) is 5.41 Å². The quantitative estimate of drug-likeness (QED) is 0.237. The van der Waals surface area contributed by atoms with E-state index >= 15 is 0 Å². The van der Waals surface area contributed by atoms with Gasteiger partial charge in [0, 0.05) is 0 Å². The topological polar surface area (TPSA) is 90.3 Å². The molecule has 5 heteroatoms. The molecule has 1 rings (SSSR count). The van der Waals surface area contributed by atoms with Gasteiger partial charge < -0.3 is 15.9 Å². The van der Waals surface area contributed by atoms with Crippen LogP contribution in [-0.4, -0.2) is 15.4 Å². The fourth-order valence-corrected chi connectivity index (χ4v) is 1.43. The van der Waals surface area contributed by atoms with Gasteiger partial charge in [-0.25, -0.2) is 0 Å². The zero-order valence-electron chi connectivity index (χ0n) is 7.03. The Hall–Kier alpha value is -1.36. The summed E-state index contributed by atoms with van der Waals surface area (Å²) < 4.78 is 0. The molecule has 0 radical (unpaired) electrons. The highest BCUT2D eigenvalue weighted by Gasteiger charge is 2.07. The van der Waals surface area contributed by atoms with Crippen LogP contribution in [0.3, 0.4) is 0 Å². The number of hydrogen-bond donors (Lipinski definition) is 4. The Morgan fingerprint density at radius 3 is 2.54 bits per heavy atom. The van der Waals surface area contributed by atoms with Gasteiger partial charge in [-0.05, 0) is 36.4 Å². The summed E-state index contributed by atoms with van der Waals surface area (Å²) in [6.07, 6.45) is 0. The maximum absolute atomic E-state index is 9.38. The molecule has 0 atom stereocenters. The summed E-state index contributed by atoms with van der Waals surface area (Å²) >= 11 is 0.899. The summed E-state index contributed by atoms with van der Waals surface area (Å²) in [5.41, 5.74) is 5.72. The summed E-state index contributed by atoms with van der Waals surface area (Å²) in [7, 11) is 0. The third-order valence-electron chi connectivity index (χ3n) is 1.50. The zero-order chi connectivity index (χ0) is 10.0. The fourth-order valence-electron chi connectivity index (χ4n) is 0.862. The molecule has 0 aliphatic carbocycles. The van der Waals surface area contributed by atoms with E-state index in [0.29, 0.717) is 10.5 Å². The minimum Gasteiger partial charge on any atom is -0.508 e. The molecule has 70 valence electrons. The molecular formula is C8H10N2O2S. The molecule has 0 fully saturated rings. The lowest BCUT2D eigenvalue weighted by Gasteiger charge is -2.05. The molecule has 1 aromatic carbocycles. The summed E-state index contributed by atoms with van der Waals surface area (Å²) in [5, 5.41) is 25.6. The highest BCUT2D eigenvalue weighted by molar-refractivity contribution is 8.13. The van der Waals surface area contributed by atoms with Crippen molar-refractivity contribution < 1.29 is 10.2 Å². The lowest BCUT2D eigenvalue weighted by molar-refractivity contribution is 0.446. The fraction of sp³-hybridized carbons (Fsp3) is 0.125. The van der Waals surface area contributed by atoms with Crippen molar-refractivity contribution in [2.24, 2.45) is 5.73 Å². The molecule has 0 spiro atoms. The molecule has 0 unspecified atom stereocenters. The van der Waals surface area contributed by atoms with Gasteiger partial charge in [0.1, 0.15) is 11.5 Å². The number of nitrogens with one attached hydrogen (secondary N) is 1. The van der Waals surface area contributed by atoms with Crippen molar-refractivity contribution in [3.8, 4) is 11.5 Å². The maximum atomic E-state index is 9.38. The average Bonchev–Trinajstić information content (AvgIpc) is 1.99. The number of aryl methyl sites for hydroxylation is 1. The zero-order valence-corrected chi connectivity index (χ0v) is 7.85. The van der Waals surface area contributed by atoms with Crippen LogP contribution in [0.25, 0.3) is 0 Å². The van der Waals surface area contributed by atoms with Gasteiger partial charge in [0.25, 0.3) is 0 Å². The predicted octanol–water partition coefficient (Wildman–Crippen LogP) is 1.39. The van der Waals surface area contributed by atoms with Crippen molar-refractivity contribution in [3.05, 3.63) is 17.7 Å². The molecule has 0 aliphatic rings. The number of aromatic hydroxyl groups is 2. The van der Waals surface area contributed by atoms with E-state index in [2.05, 4.69) is 0 Å². The lowest BCUT2D eigenvalue weighted by atomic mass is 10.2. The third-order valence-corrected chi connectivity index (χ3v) is 2.26. The Morgan fingerprint density at radius 2 is 2.00 bits per heavy atom. The normalized spacial score (nSPS) is 9.92. The Labute approximate surface area is 79.9 Å². The number of nitrogens with two attached hydrogens (primary N) is 1. The number of phenols is 2. The van der Waals surface area contributed by atoms with Crippen molar-refractivity contribution >= 4 is 16.9 Å². The highest BCUT2D eigenvalue weighted by atomic mass is 32.2. The Kier molecular flexibility index (Phi) is 2.67. The Balaban J connectivity index is 3.08. The smallest absolute Gasteiger partial charge is 0.156 e. The molecule has 0 amide bonds. The first kappa shape index (κ1) is 9.73. The van der Waals surface area contributed by atoms with Crippen molar-refractivity contribution in [2.75, 3.05) is 0 Å². The molecule has 0 bridgehead atoms. The summed E-state index contributed by atoms with van der Waals surface area (Å²) in [5.74, 6) is 0.108. The molecule has 0 saturated carbocycles. The van der Waals surface area contributed by atoms with Gasteiger partial charge in [-0.2, -0.15) is 0 Å².